The van der Waals surface area contributed by atoms with E-state index >= 15 is 0 Å². The number of benzene rings is 1. The molecule has 0 radical (unpaired) electrons. The van der Waals surface area contributed by atoms with E-state index in [-0.39, 0.29) is 11.9 Å². The summed E-state index contributed by atoms with van der Waals surface area (Å²) in [6.45, 7) is 7.04. The Morgan fingerprint density at radius 1 is 1.35 bits per heavy atom. The maximum Gasteiger partial charge on any atom is 0.246 e. The highest BCUT2D eigenvalue weighted by Gasteiger charge is 2.25. The van der Waals surface area contributed by atoms with Crippen molar-refractivity contribution in [2.75, 3.05) is 11.9 Å². The summed E-state index contributed by atoms with van der Waals surface area (Å²) in [7, 11) is 0. The van der Waals surface area contributed by atoms with E-state index < -0.39 is 0 Å². The molecular formula is C20H20N4OS. The van der Waals surface area contributed by atoms with Crippen molar-refractivity contribution in [1.82, 2.24) is 14.9 Å². The van der Waals surface area contributed by atoms with E-state index in [0.29, 0.717) is 13.1 Å². The maximum absolute atomic E-state index is 11.9. The number of carbonyl (C=O) groups excluding carboxylic acids is 1. The molecule has 2 aromatic heterocycles. The van der Waals surface area contributed by atoms with Crippen LogP contribution in [0.2, 0.25) is 0 Å². The zero-order valence-electron chi connectivity index (χ0n) is 14.6. The van der Waals surface area contributed by atoms with Crippen molar-refractivity contribution in [3.8, 4) is 0 Å². The predicted molar refractivity (Wildman–Crippen MR) is 105 cm³/mol. The molecule has 1 aliphatic rings. The third-order valence-electron chi connectivity index (χ3n) is 4.78. The minimum Gasteiger partial charge on any atom is -0.363 e. The van der Waals surface area contributed by atoms with Crippen LogP contribution in [0, 0.1) is 0 Å². The monoisotopic (exact) mass is 364 g/mol. The largest absolute Gasteiger partial charge is 0.363 e. The van der Waals surface area contributed by atoms with Crippen molar-refractivity contribution in [2.45, 2.75) is 25.9 Å². The molecule has 0 spiro atoms. The molecule has 3 aromatic rings. The fourth-order valence-corrected chi connectivity index (χ4v) is 4.59. The summed E-state index contributed by atoms with van der Waals surface area (Å²) in [5.74, 6) is 0.850. The second-order valence-electron chi connectivity index (χ2n) is 6.40. The van der Waals surface area contributed by atoms with Crippen molar-refractivity contribution in [3.63, 3.8) is 0 Å². The molecule has 4 rings (SSSR count). The molecular weight excluding hydrogens is 344 g/mol. The number of fused-ring (bicyclic) bond motifs is 3. The van der Waals surface area contributed by atoms with Gasteiger partial charge in [0.2, 0.25) is 5.91 Å². The third kappa shape index (κ3) is 2.97. The number of hydrogen-bond acceptors (Lipinski definition) is 5. The number of anilines is 1. The number of carbonyl (C=O) groups is 1. The number of thiophene rings is 1. The first-order valence-corrected chi connectivity index (χ1v) is 9.47. The van der Waals surface area contributed by atoms with Crippen LogP contribution in [0.25, 0.3) is 10.2 Å². The van der Waals surface area contributed by atoms with Gasteiger partial charge in [-0.25, -0.2) is 9.97 Å². The van der Waals surface area contributed by atoms with Gasteiger partial charge in [-0.2, -0.15) is 0 Å². The van der Waals surface area contributed by atoms with E-state index in [1.54, 1.807) is 17.7 Å². The molecule has 1 aromatic carbocycles. The number of rotatable bonds is 4. The zero-order valence-corrected chi connectivity index (χ0v) is 15.4. The lowest BCUT2D eigenvalue weighted by Gasteiger charge is -2.26. The van der Waals surface area contributed by atoms with E-state index in [1.807, 2.05) is 23.1 Å². The molecule has 0 fully saturated rings. The minimum atomic E-state index is -0.0183. The number of hydrogen-bond donors (Lipinski definition) is 1. The molecule has 0 unspecified atom stereocenters. The minimum absolute atomic E-state index is 0.0183. The lowest BCUT2D eigenvalue weighted by Crippen LogP contribution is -2.34. The van der Waals surface area contributed by atoms with Crippen LogP contribution in [0.3, 0.4) is 0 Å². The molecule has 1 amide bonds. The molecule has 1 N–H and O–H groups in total. The van der Waals surface area contributed by atoms with Gasteiger partial charge < -0.3 is 10.2 Å². The number of nitrogens with zero attached hydrogens (tertiary/aromatic N) is 3. The zero-order chi connectivity index (χ0) is 18.1. The van der Waals surface area contributed by atoms with Gasteiger partial charge >= 0.3 is 0 Å². The van der Waals surface area contributed by atoms with Gasteiger partial charge in [0.25, 0.3) is 0 Å². The van der Waals surface area contributed by atoms with E-state index in [2.05, 4.69) is 40.9 Å². The molecule has 26 heavy (non-hydrogen) atoms. The molecule has 1 aliphatic heterocycles. The second kappa shape index (κ2) is 6.88. The van der Waals surface area contributed by atoms with Crippen molar-refractivity contribution in [3.05, 3.63) is 65.3 Å². The standard InChI is InChI=1S/C20H20N4OS/c1-3-17(25)24-10-9-15-16(11-24)26-20-18(15)19(21-12-22-20)23-13(2)14-7-5-4-6-8-14/h3-8,12-13H,1,9-11H2,2H3,(H,21,22,23)/t13-/m1/s1. The van der Waals surface area contributed by atoms with Gasteiger partial charge in [-0.15, -0.1) is 11.3 Å². The normalized spacial score (nSPS) is 14.7. The Labute approximate surface area is 156 Å². The first-order valence-electron chi connectivity index (χ1n) is 8.65. The summed E-state index contributed by atoms with van der Waals surface area (Å²) in [4.78, 5) is 24.9. The van der Waals surface area contributed by atoms with Gasteiger partial charge in [0.1, 0.15) is 17.0 Å². The van der Waals surface area contributed by atoms with Crippen LogP contribution in [0.4, 0.5) is 5.82 Å². The Morgan fingerprint density at radius 3 is 2.92 bits per heavy atom. The second-order valence-corrected chi connectivity index (χ2v) is 7.48. The summed E-state index contributed by atoms with van der Waals surface area (Å²) in [6, 6.07) is 10.5. The topological polar surface area (TPSA) is 58.1 Å². The quantitative estimate of drug-likeness (QED) is 0.713. The fraction of sp³-hybridized carbons (Fsp3) is 0.250. The van der Waals surface area contributed by atoms with E-state index in [9.17, 15) is 4.79 Å². The highest BCUT2D eigenvalue weighted by molar-refractivity contribution is 7.19. The molecule has 5 nitrogen and oxygen atoms in total. The van der Waals surface area contributed by atoms with Crippen LogP contribution in [-0.2, 0) is 17.8 Å². The Balaban J connectivity index is 1.68. The van der Waals surface area contributed by atoms with Crippen LogP contribution >= 0.6 is 11.3 Å². The van der Waals surface area contributed by atoms with Crippen molar-refractivity contribution < 1.29 is 4.79 Å². The third-order valence-corrected chi connectivity index (χ3v) is 5.90. The van der Waals surface area contributed by atoms with Crippen LogP contribution in [0.5, 0.6) is 0 Å². The highest BCUT2D eigenvalue weighted by atomic mass is 32.1. The van der Waals surface area contributed by atoms with Gasteiger partial charge in [-0.1, -0.05) is 36.9 Å². The molecule has 0 aliphatic carbocycles. The fourth-order valence-electron chi connectivity index (χ4n) is 3.38. The Morgan fingerprint density at radius 2 is 2.15 bits per heavy atom. The van der Waals surface area contributed by atoms with Crippen molar-refractivity contribution in [2.24, 2.45) is 0 Å². The Hall–Kier alpha value is -2.73. The predicted octanol–water partition coefficient (Wildman–Crippen LogP) is 3.94. The molecule has 0 bridgehead atoms. The summed E-state index contributed by atoms with van der Waals surface area (Å²) < 4.78 is 0. The summed E-state index contributed by atoms with van der Waals surface area (Å²) in [5, 5.41) is 4.64. The average molecular weight is 364 g/mol. The molecule has 0 saturated heterocycles. The first-order chi connectivity index (χ1) is 12.7. The van der Waals surface area contributed by atoms with Gasteiger partial charge in [-0.3, -0.25) is 4.79 Å². The van der Waals surface area contributed by atoms with Crippen LogP contribution in [-0.4, -0.2) is 27.3 Å². The summed E-state index contributed by atoms with van der Waals surface area (Å²) >= 11 is 1.65. The van der Waals surface area contributed by atoms with Gasteiger partial charge in [0.05, 0.1) is 11.9 Å². The maximum atomic E-state index is 11.9. The number of amides is 1. The molecule has 6 heteroatoms. The SMILES string of the molecule is C=CC(=O)N1CCc2c(sc3ncnc(N[C@H](C)c4ccccc4)c23)C1. The molecule has 0 saturated carbocycles. The van der Waals surface area contributed by atoms with E-state index in [1.165, 1.54) is 22.1 Å². The number of nitrogens with one attached hydrogen (secondary N) is 1. The van der Waals surface area contributed by atoms with Crippen LogP contribution in [0.1, 0.15) is 29.0 Å². The molecule has 1 atom stereocenters. The Bertz CT molecular complexity index is 967. The lowest BCUT2D eigenvalue weighted by molar-refractivity contribution is -0.126. The lowest BCUT2D eigenvalue weighted by atomic mass is 10.0. The average Bonchev–Trinajstić information content (AvgIpc) is 3.06. The first kappa shape index (κ1) is 16.7. The van der Waals surface area contributed by atoms with E-state index in [4.69, 9.17) is 0 Å². The van der Waals surface area contributed by atoms with Gasteiger partial charge in [0, 0.05) is 17.5 Å². The van der Waals surface area contributed by atoms with Crippen molar-refractivity contribution in [1.29, 1.82) is 0 Å². The summed E-state index contributed by atoms with van der Waals surface area (Å²) in [5.41, 5.74) is 2.48. The summed E-state index contributed by atoms with van der Waals surface area (Å²) in [6.07, 6.45) is 3.81. The highest BCUT2D eigenvalue weighted by Crippen LogP contribution is 2.38. The van der Waals surface area contributed by atoms with Gasteiger partial charge in [-0.05, 0) is 30.5 Å². The van der Waals surface area contributed by atoms with E-state index in [0.717, 1.165) is 22.5 Å². The Kier molecular flexibility index (Phi) is 4.42. The van der Waals surface area contributed by atoms with Gasteiger partial charge in [0.15, 0.2) is 0 Å². The molecule has 3 heterocycles. The smallest absolute Gasteiger partial charge is 0.246 e. The van der Waals surface area contributed by atoms with Crippen molar-refractivity contribution >= 4 is 33.3 Å². The van der Waals surface area contributed by atoms with Crippen LogP contribution in [0.15, 0.2) is 49.3 Å². The number of aromatic nitrogens is 2. The van der Waals surface area contributed by atoms with Crippen LogP contribution < -0.4 is 5.32 Å². The molecule has 132 valence electrons.